The number of sulfonamides is 1. The fourth-order valence-corrected chi connectivity index (χ4v) is 4.88. The average Bonchev–Trinajstić information content (AvgIpc) is 2.74. The van der Waals surface area contributed by atoms with Gasteiger partial charge in [-0.25, -0.2) is 18.0 Å². The number of aryl methyl sites for hydroxylation is 1. The van der Waals surface area contributed by atoms with Crippen molar-refractivity contribution in [3.63, 3.8) is 0 Å². The summed E-state index contributed by atoms with van der Waals surface area (Å²) in [6.45, 7) is 2.14. The van der Waals surface area contributed by atoms with Crippen molar-refractivity contribution in [1.29, 1.82) is 0 Å². The third kappa shape index (κ3) is 4.65. The van der Waals surface area contributed by atoms with E-state index in [1.54, 1.807) is 24.3 Å². The number of carbonyl (C=O) groups excluding carboxylic acids is 2. The van der Waals surface area contributed by atoms with Gasteiger partial charge >= 0.3 is 11.9 Å². The summed E-state index contributed by atoms with van der Waals surface area (Å²) < 4.78 is 37.4. The molecule has 1 heterocycles. The quantitative estimate of drug-likeness (QED) is 0.549. The molecule has 7 nitrogen and oxygen atoms in total. The van der Waals surface area contributed by atoms with Crippen molar-refractivity contribution >= 4 is 22.0 Å². The Labute approximate surface area is 170 Å². The van der Waals surface area contributed by atoms with Crippen molar-refractivity contribution in [3.05, 3.63) is 59.7 Å². The second kappa shape index (κ2) is 8.75. The topological polar surface area (TPSA) is 90.0 Å². The Morgan fingerprint density at radius 3 is 2.28 bits per heavy atom. The van der Waals surface area contributed by atoms with Crippen LogP contribution in [-0.2, 0) is 19.6 Å². The normalized spacial score (nSPS) is 17.5. The van der Waals surface area contributed by atoms with Crippen LogP contribution in [0.3, 0.4) is 0 Å². The molecular weight excluding hydrogens is 394 g/mol. The molecule has 0 radical (unpaired) electrons. The molecule has 1 aliphatic rings. The van der Waals surface area contributed by atoms with Crippen LogP contribution in [0.4, 0.5) is 0 Å². The van der Waals surface area contributed by atoms with Gasteiger partial charge in [0.15, 0.2) is 0 Å². The van der Waals surface area contributed by atoms with E-state index in [0.29, 0.717) is 18.4 Å². The van der Waals surface area contributed by atoms with Crippen LogP contribution < -0.4 is 4.74 Å². The molecule has 1 fully saturated rings. The zero-order chi connectivity index (χ0) is 21.0. The van der Waals surface area contributed by atoms with Crippen LogP contribution in [-0.4, -0.2) is 44.4 Å². The molecule has 2 aromatic rings. The number of methoxy groups -OCH3 is 1. The Kier molecular flexibility index (Phi) is 6.34. The predicted octanol–water partition coefficient (Wildman–Crippen LogP) is 2.93. The number of hydrogen-bond donors (Lipinski definition) is 0. The molecule has 0 spiro atoms. The van der Waals surface area contributed by atoms with Crippen LogP contribution in [0.2, 0.25) is 0 Å². The third-order valence-electron chi connectivity index (χ3n) is 4.85. The minimum Gasteiger partial charge on any atom is -0.465 e. The summed E-state index contributed by atoms with van der Waals surface area (Å²) in [5, 5.41) is 0. The molecule has 1 saturated heterocycles. The third-order valence-corrected chi connectivity index (χ3v) is 6.77. The van der Waals surface area contributed by atoms with Crippen molar-refractivity contribution in [3.8, 4) is 5.75 Å². The Morgan fingerprint density at radius 2 is 1.66 bits per heavy atom. The van der Waals surface area contributed by atoms with Crippen molar-refractivity contribution in [2.24, 2.45) is 0 Å². The number of benzene rings is 2. The van der Waals surface area contributed by atoms with E-state index in [2.05, 4.69) is 4.74 Å². The van der Waals surface area contributed by atoms with Gasteiger partial charge in [0, 0.05) is 6.54 Å². The summed E-state index contributed by atoms with van der Waals surface area (Å²) in [7, 11) is -2.54. The fourth-order valence-electron chi connectivity index (χ4n) is 3.23. The number of carbonyl (C=O) groups is 2. The van der Waals surface area contributed by atoms with Crippen molar-refractivity contribution in [2.45, 2.75) is 37.1 Å². The minimum absolute atomic E-state index is 0.158. The minimum atomic E-state index is -3.82. The van der Waals surface area contributed by atoms with E-state index in [0.717, 1.165) is 12.0 Å². The monoisotopic (exact) mass is 417 g/mol. The van der Waals surface area contributed by atoms with E-state index in [9.17, 15) is 18.0 Å². The van der Waals surface area contributed by atoms with Crippen molar-refractivity contribution < 1.29 is 27.5 Å². The Hall–Kier alpha value is -2.71. The standard InChI is InChI=1S/C21H23NO6S/c1-15-6-12-18(13-7-15)29(25,26)22-14-4-3-5-19(22)21(24)28-17-10-8-16(9-11-17)20(23)27-2/h6-13,19H,3-5,14H2,1-2H3/t19-/m1/s1. The van der Waals surface area contributed by atoms with Crippen LogP contribution in [0, 0.1) is 6.92 Å². The van der Waals surface area contributed by atoms with Gasteiger partial charge in [-0.3, -0.25) is 0 Å². The SMILES string of the molecule is COC(=O)c1ccc(OC(=O)[C@H]2CCCCN2S(=O)(=O)c2ccc(C)cc2)cc1. The van der Waals surface area contributed by atoms with Gasteiger partial charge in [0.2, 0.25) is 10.0 Å². The lowest BCUT2D eigenvalue weighted by atomic mass is 10.1. The predicted molar refractivity (Wildman–Crippen MR) is 106 cm³/mol. The Balaban J connectivity index is 1.79. The van der Waals surface area contributed by atoms with E-state index in [1.807, 2.05) is 6.92 Å². The van der Waals surface area contributed by atoms with Gasteiger partial charge in [-0.2, -0.15) is 4.31 Å². The van der Waals surface area contributed by atoms with E-state index in [4.69, 9.17) is 4.74 Å². The first-order valence-electron chi connectivity index (χ1n) is 9.31. The maximum atomic E-state index is 13.1. The summed E-state index contributed by atoms with van der Waals surface area (Å²) in [6, 6.07) is 11.6. The summed E-state index contributed by atoms with van der Waals surface area (Å²) in [4.78, 5) is 24.4. The summed E-state index contributed by atoms with van der Waals surface area (Å²) in [6.07, 6.45) is 1.81. The first-order valence-corrected chi connectivity index (χ1v) is 10.8. The van der Waals surface area contributed by atoms with Crippen molar-refractivity contribution in [1.82, 2.24) is 4.31 Å². The van der Waals surface area contributed by atoms with Crippen LogP contribution in [0.1, 0.15) is 35.2 Å². The summed E-state index contributed by atoms with van der Waals surface area (Å²) >= 11 is 0. The summed E-state index contributed by atoms with van der Waals surface area (Å²) in [5.41, 5.74) is 1.28. The maximum Gasteiger partial charge on any atom is 0.337 e. The van der Waals surface area contributed by atoms with E-state index in [-0.39, 0.29) is 17.2 Å². The lowest BCUT2D eigenvalue weighted by Gasteiger charge is -2.33. The molecule has 0 unspecified atom stereocenters. The van der Waals surface area contributed by atoms with E-state index >= 15 is 0 Å². The highest BCUT2D eigenvalue weighted by molar-refractivity contribution is 7.89. The molecule has 0 saturated carbocycles. The van der Waals surface area contributed by atoms with Gasteiger partial charge < -0.3 is 9.47 Å². The number of ether oxygens (including phenoxy) is 2. The fraction of sp³-hybridized carbons (Fsp3) is 0.333. The average molecular weight is 417 g/mol. The summed E-state index contributed by atoms with van der Waals surface area (Å²) in [5.74, 6) is -0.891. The molecule has 29 heavy (non-hydrogen) atoms. The Morgan fingerprint density at radius 1 is 1.00 bits per heavy atom. The smallest absolute Gasteiger partial charge is 0.337 e. The molecule has 154 valence electrons. The highest BCUT2D eigenvalue weighted by Crippen LogP contribution is 2.27. The van der Waals surface area contributed by atoms with Crippen LogP contribution in [0.5, 0.6) is 5.75 Å². The zero-order valence-corrected chi connectivity index (χ0v) is 17.1. The number of hydrogen-bond acceptors (Lipinski definition) is 6. The lowest BCUT2D eigenvalue weighted by molar-refractivity contribution is -0.139. The molecule has 0 bridgehead atoms. The number of esters is 2. The highest BCUT2D eigenvalue weighted by Gasteiger charge is 2.38. The second-order valence-corrected chi connectivity index (χ2v) is 8.77. The first kappa shape index (κ1) is 21.0. The molecule has 3 rings (SSSR count). The zero-order valence-electron chi connectivity index (χ0n) is 16.3. The lowest BCUT2D eigenvalue weighted by Crippen LogP contribution is -2.49. The van der Waals surface area contributed by atoms with Gasteiger partial charge in [-0.15, -0.1) is 0 Å². The second-order valence-electron chi connectivity index (χ2n) is 6.88. The number of piperidine rings is 1. The molecule has 2 aromatic carbocycles. The van der Waals surface area contributed by atoms with Crippen LogP contribution in [0.25, 0.3) is 0 Å². The largest absolute Gasteiger partial charge is 0.465 e. The number of rotatable bonds is 5. The molecule has 0 N–H and O–H groups in total. The molecule has 1 aliphatic heterocycles. The molecule has 0 amide bonds. The van der Waals surface area contributed by atoms with Gasteiger partial charge in [-0.05, 0) is 62.6 Å². The first-order chi connectivity index (χ1) is 13.8. The molecular formula is C21H23NO6S. The molecule has 1 atom stereocenters. The molecule has 8 heteroatoms. The van der Waals surface area contributed by atoms with E-state index in [1.165, 1.54) is 35.7 Å². The van der Waals surface area contributed by atoms with E-state index < -0.39 is 28.0 Å². The van der Waals surface area contributed by atoms with Gasteiger partial charge in [0.05, 0.1) is 17.6 Å². The highest BCUT2D eigenvalue weighted by atomic mass is 32.2. The maximum absolute atomic E-state index is 13.1. The Bertz CT molecular complexity index is 983. The molecule has 0 aromatic heterocycles. The van der Waals surface area contributed by atoms with Gasteiger partial charge in [0.25, 0.3) is 0 Å². The molecule has 0 aliphatic carbocycles. The number of nitrogens with zero attached hydrogens (tertiary/aromatic N) is 1. The van der Waals surface area contributed by atoms with Gasteiger partial charge in [0.1, 0.15) is 11.8 Å². The van der Waals surface area contributed by atoms with Crippen molar-refractivity contribution in [2.75, 3.05) is 13.7 Å². The van der Waals surface area contributed by atoms with Crippen LogP contribution in [0.15, 0.2) is 53.4 Å². The van der Waals surface area contributed by atoms with Gasteiger partial charge in [-0.1, -0.05) is 17.7 Å². The van der Waals surface area contributed by atoms with Crippen LogP contribution >= 0.6 is 0 Å².